The van der Waals surface area contributed by atoms with Crippen LogP contribution in [0.25, 0.3) is 0 Å². The van der Waals surface area contributed by atoms with E-state index in [4.69, 9.17) is 4.74 Å². The Labute approximate surface area is 113 Å². The van der Waals surface area contributed by atoms with E-state index in [1.54, 1.807) is 7.11 Å². The van der Waals surface area contributed by atoms with Gasteiger partial charge in [-0.3, -0.25) is 0 Å². The first kappa shape index (κ1) is 14.4. The highest BCUT2D eigenvalue weighted by molar-refractivity contribution is 9.10. The number of ether oxygens (including phenoxy) is 1. The van der Waals surface area contributed by atoms with E-state index in [-0.39, 0.29) is 0 Å². The topological polar surface area (TPSA) is 12.5 Å². The lowest BCUT2D eigenvalue weighted by molar-refractivity contribution is 0.410. The molecule has 0 aromatic heterocycles. The van der Waals surface area contributed by atoms with Crippen molar-refractivity contribution in [2.24, 2.45) is 0 Å². The molecule has 0 radical (unpaired) electrons. The van der Waals surface area contributed by atoms with Gasteiger partial charge in [-0.2, -0.15) is 0 Å². The van der Waals surface area contributed by atoms with Crippen LogP contribution >= 0.6 is 15.9 Å². The second-order valence-electron chi connectivity index (χ2n) is 4.78. The molecule has 0 atom stereocenters. The minimum Gasteiger partial charge on any atom is -0.494 e. The zero-order valence-electron chi connectivity index (χ0n) is 11.8. The van der Waals surface area contributed by atoms with Crippen LogP contribution in [-0.4, -0.2) is 20.2 Å². The quantitative estimate of drug-likeness (QED) is 0.828. The molecular formula is C14H22BrNO. The average Bonchev–Trinajstić information content (AvgIpc) is 2.29. The Balaban J connectivity index is 3.58. The lowest BCUT2D eigenvalue weighted by Crippen LogP contribution is -2.27. The zero-order chi connectivity index (χ0) is 13.3. The van der Waals surface area contributed by atoms with Gasteiger partial charge in [-0.25, -0.2) is 0 Å². The van der Waals surface area contributed by atoms with E-state index in [9.17, 15) is 0 Å². The van der Waals surface area contributed by atoms with Gasteiger partial charge < -0.3 is 9.64 Å². The summed E-state index contributed by atoms with van der Waals surface area (Å²) in [7, 11) is 3.85. The normalized spacial score (nSPS) is 10.9. The fourth-order valence-electron chi connectivity index (χ4n) is 2.00. The van der Waals surface area contributed by atoms with Crippen molar-refractivity contribution < 1.29 is 4.74 Å². The van der Waals surface area contributed by atoms with Gasteiger partial charge in [0, 0.05) is 17.6 Å². The third-order valence-electron chi connectivity index (χ3n) is 3.46. The predicted octanol–water partition coefficient (Wildman–Crippen LogP) is 4.23. The molecule has 0 aliphatic carbocycles. The molecule has 96 valence electrons. The molecule has 0 bridgehead atoms. The number of nitrogens with zero attached hydrogens (tertiary/aromatic N) is 1. The largest absolute Gasteiger partial charge is 0.494 e. The Bertz CT molecular complexity index is 427. The summed E-state index contributed by atoms with van der Waals surface area (Å²) in [6, 6.07) is 0.441. The average molecular weight is 300 g/mol. The zero-order valence-corrected chi connectivity index (χ0v) is 13.4. The lowest BCUT2D eigenvalue weighted by atomic mass is 10.0. The first-order valence-electron chi connectivity index (χ1n) is 5.89. The minimum atomic E-state index is 0.441. The summed E-state index contributed by atoms with van der Waals surface area (Å²) in [5.41, 5.74) is 4.87. The van der Waals surface area contributed by atoms with Crippen LogP contribution in [0, 0.1) is 20.8 Å². The molecule has 0 aliphatic rings. The molecule has 17 heavy (non-hydrogen) atoms. The van der Waals surface area contributed by atoms with Crippen molar-refractivity contribution in [3.05, 3.63) is 21.2 Å². The highest BCUT2D eigenvalue weighted by Gasteiger charge is 2.20. The van der Waals surface area contributed by atoms with Crippen molar-refractivity contribution in [3.8, 4) is 5.75 Å². The van der Waals surface area contributed by atoms with Crippen LogP contribution in [-0.2, 0) is 0 Å². The molecule has 0 saturated heterocycles. The van der Waals surface area contributed by atoms with Crippen LogP contribution in [0.3, 0.4) is 0 Å². The molecule has 1 aromatic rings. The maximum atomic E-state index is 5.60. The van der Waals surface area contributed by atoms with Crippen molar-refractivity contribution in [2.75, 3.05) is 19.1 Å². The van der Waals surface area contributed by atoms with Crippen molar-refractivity contribution in [3.63, 3.8) is 0 Å². The Morgan fingerprint density at radius 2 is 1.59 bits per heavy atom. The fraction of sp³-hybridized carbons (Fsp3) is 0.571. The standard InChI is InChI=1S/C14H22BrNO/c1-8(2)16(6)13-11(5)12(15)9(3)10(4)14(13)17-7/h8H,1-7H3. The van der Waals surface area contributed by atoms with Crippen molar-refractivity contribution in [1.82, 2.24) is 0 Å². The minimum absolute atomic E-state index is 0.441. The van der Waals surface area contributed by atoms with E-state index in [1.807, 2.05) is 0 Å². The van der Waals surface area contributed by atoms with E-state index >= 15 is 0 Å². The van der Waals surface area contributed by atoms with Gasteiger partial charge in [-0.05, 0) is 51.3 Å². The SMILES string of the molecule is COc1c(C)c(C)c(Br)c(C)c1N(C)C(C)C. The van der Waals surface area contributed by atoms with Crippen LogP contribution in [0.5, 0.6) is 5.75 Å². The third-order valence-corrected chi connectivity index (χ3v) is 4.65. The highest BCUT2D eigenvalue weighted by atomic mass is 79.9. The van der Waals surface area contributed by atoms with Gasteiger partial charge in [-0.15, -0.1) is 0 Å². The highest BCUT2D eigenvalue weighted by Crippen LogP contribution is 2.42. The van der Waals surface area contributed by atoms with Gasteiger partial charge in [-0.1, -0.05) is 15.9 Å². The maximum absolute atomic E-state index is 5.60. The van der Waals surface area contributed by atoms with Crippen LogP contribution in [0.4, 0.5) is 5.69 Å². The number of hydrogen-bond donors (Lipinski definition) is 0. The predicted molar refractivity (Wildman–Crippen MR) is 78.4 cm³/mol. The monoisotopic (exact) mass is 299 g/mol. The van der Waals surface area contributed by atoms with Crippen LogP contribution in [0.1, 0.15) is 30.5 Å². The molecule has 0 heterocycles. The summed E-state index contributed by atoms with van der Waals surface area (Å²) < 4.78 is 6.78. The molecule has 0 unspecified atom stereocenters. The smallest absolute Gasteiger partial charge is 0.145 e. The molecule has 0 saturated carbocycles. The van der Waals surface area contributed by atoms with E-state index in [2.05, 4.69) is 62.5 Å². The molecule has 2 nitrogen and oxygen atoms in total. The second-order valence-corrected chi connectivity index (χ2v) is 5.57. The molecule has 0 fully saturated rings. The summed E-state index contributed by atoms with van der Waals surface area (Å²) in [4.78, 5) is 2.26. The van der Waals surface area contributed by atoms with E-state index in [0.29, 0.717) is 6.04 Å². The van der Waals surface area contributed by atoms with Crippen LogP contribution in [0.2, 0.25) is 0 Å². The summed E-state index contributed by atoms with van der Waals surface area (Å²) >= 11 is 3.68. The molecule has 0 spiro atoms. The summed E-state index contributed by atoms with van der Waals surface area (Å²) in [6.07, 6.45) is 0. The number of anilines is 1. The summed E-state index contributed by atoms with van der Waals surface area (Å²) in [6.45, 7) is 10.7. The number of halogens is 1. The third kappa shape index (κ3) is 2.44. The van der Waals surface area contributed by atoms with Gasteiger partial charge >= 0.3 is 0 Å². The Morgan fingerprint density at radius 1 is 1.06 bits per heavy atom. The first-order valence-corrected chi connectivity index (χ1v) is 6.68. The molecule has 0 amide bonds. The van der Waals surface area contributed by atoms with E-state index in [0.717, 1.165) is 5.75 Å². The van der Waals surface area contributed by atoms with Gasteiger partial charge in [0.05, 0.1) is 12.8 Å². The van der Waals surface area contributed by atoms with E-state index < -0.39 is 0 Å². The molecule has 1 aromatic carbocycles. The molecule has 1 rings (SSSR count). The van der Waals surface area contributed by atoms with Crippen molar-refractivity contribution in [2.45, 2.75) is 40.7 Å². The maximum Gasteiger partial charge on any atom is 0.145 e. The van der Waals surface area contributed by atoms with Crippen LogP contribution < -0.4 is 9.64 Å². The number of methoxy groups -OCH3 is 1. The molecule has 0 N–H and O–H groups in total. The van der Waals surface area contributed by atoms with Gasteiger partial charge in [0.25, 0.3) is 0 Å². The Hall–Kier alpha value is -0.700. The van der Waals surface area contributed by atoms with Gasteiger partial charge in [0.15, 0.2) is 0 Å². The Morgan fingerprint density at radius 3 is 2.00 bits per heavy atom. The number of hydrogen-bond acceptors (Lipinski definition) is 2. The molecule has 0 aliphatic heterocycles. The molecule has 3 heteroatoms. The summed E-state index contributed by atoms with van der Waals surface area (Å²) in [5, 5.41) is 0. The second kappa shape index (κ2) is 5.30. The number of benzene rings is 1. The number of rotatable bonds is 3. The first-order chi connectivity index (χ1) is 7.82. The van der Waals surface area contributed by atoms with Crippen molar-refractivity contribution in [1.29, 1.82) is 0 Å². The fourth-order valence-corrected chi connectivity index (χ4v) is 2.49. The molecular weight excluding hydrogens is 278 g/mol. The van der Waals surface area contributed by atoms with Gasteiger partial charge in [0.1, 0.15) is 5.75 Å². The summed E-state index contributed by atoms with van der Waals surface area (Å²) in [5.74, 6) is 0.986. The lowest BCUT2D eigenvalue weighted by Gasteiger charge is -2.29. The van der Waals surface area contributed by atoms with Gasteiger partial charge in [0.2, 0.25) is 0 Å². The van der Waals surface area contributed by atoms with E-state index in [1.165, 1.54) is 26.9 Å². The van der Waals surface area contributed by atoms with Crippen LogP contribution in [0.15, 0.2) is 4.47 Å². The van der Waals surface area contributed by atoms with Crippen molar-refractivity contribution >= 4 is 21.6 Å². The Kier molecular flexibility index (Phi) is 4.48.